The number of carbonyl (C=O) groups excluding carboxylic acids is 1. The highest BCUT2D eigenvalue weighted by atomic mass is 19.4. The van der Waals surface area contributed by atoms with Gasteiger partial charge in [-0.3, -0.25) is 4.79 Å². The molecule has 5 nitrogen and oxygen atoms in total. The van der Waals surface area contributed by atoms with E-state index in [0.29, 0.717) is 24.9 Å². The van der Waals surface area contributed by atoms with E-state index in [1.54, 1.807) is 18.2 Å². The van der Waals surface area contributed by atoms with Crippen LogP contribution in [0.15, 0.2) is 43.0 Å². The van der Waals surface area contributed by atoms with E-state index in [4.69, 9.17) is 0 Å². The van der Waals surface area contributed by atoms with Crippen LogP contribution in [0.3, 0.4) is 0 Å². The Balaban J connectivity index is 1.88. The minimum atomic E-state index is -5.22. The second-order valence-electron chi connectivity index (χ2n) is 9.02. The number of fused-ring (bicyclic) bond motifs is 2. The highest BCUT2D eigenvalue weighted by Crippen LogP contribution is 2.48. The molecule has 1 aromatic carbocycles. The molecule has 1 amide bonds. The quantitative estimate of drug-likeness (QED) is 0.374. The lowest BCUT2D eigenvalue weighted by Gasteiger charge is -2.38. The van der Waals surface area contributed by atoms with Crippen LogP contribution >= 0.6 is 0 Å². The van der Waals surface area contributed by atoms with Crippen molar-refractivity contribution in [3.63, 3.8) is 0 Å². The number of aromatic nitrogens is 1. The third-order valence-electron chi connectivity index (χ3n) is 6.68. The van der Waals surface area contributed by atoms with Gasteiger partial charge in [-0.1, -0.05) is 18.2 Å². The van der Waals surface area contributed by atoms with Crippen molar-refractivity contribution < 1.29 is 31.1 Å². The van der Waals surface area contributed by atoms with Crippen LogP contribution in [0, 0.1) is 24.2 Å². The molecule has 1 saturated heterocycles. The highest BCUT2D eigenvalue weighted by Gasteiger charge is 2.53. The van der Waals surface area contributed by atoms with E-state index >= 15 is 0 Å². The van der Waals surface area contributed by atoms with Crippen LogP contribution in [0.25, 0.3) is 0 Å². The fourth-order valence-corrected chi connectivity index (χ4v) is 5.22. The smallest absolute Gasteiger partial charge is 0.340 e. The van der Waals surface area contributed by atoms with Crippen LogP contribution in [0.2, 0.25) is 0 Å². The minimum absolute atomic E-state index is 0.0823. The number of carbonyl (C=O) groups is 1. The zero-order chi connectivity index (χ0) is 26.4. The zero-order valence-corrected chi connectivity index (χ0v) is 19.2. The largest absolute Gasteiger partial charge is 0.433 e. The van der Waals surface area contributed by atoms with Crippen molar-refractivity contribution in [3.8, 4) is 6.07 Å². The number of hydrogen-bond donors (Lipinski definition) is 0. The van der Waals surface area contributed by atoms with Gasteiger partial charge < -0.3 is 9.80 Å². The molecular formula is C25H22F6N4O. The third kappa shape index (κ3) is 4.52. The normalized spacial score (nSPS) is 21.4. The van der Waals surface area contributed by atoms with Gasteiger partial charge in [0.05, 0.1) is 5.56 Å². The first kappa shape index (κ1) is 25.5. The van der Waals surface area contributed by atoms with Gasteiger partial charge in [-0.15, -0.1) is 6.58 Å². The van der Waals surface area contributed by atoms with E-state index in [2.05, 4.69) is 11.6 Å². The second-order valence-corrected chi connectivity index (χ2v) is 9.02. The number of halogens is 6. The summed E-state index contributed by atoms with van der Waals surface area (Å²) >= 11 is 0. The molecule has 2 aromatic rings. The van der Waals surface area contributed by atoms with E-state index < -0.39 is 53.0 Å². The van der Waals surface area contributed by atoms with Crippen LogP contribution in [0.4, 0.5) is 37.8 Å². The Morgan fingerprint density at radius 1 is 1.22 bits per heavy atom. The van der Waals surface area contributed by atoms with Gasteiger partial charge in [0.15, 0.2) is 0 Å². The third-order valence-corrected chi connectivity index (χ3v) is 6.68. The summed E-state index contributed by atoms with van der Waals surface area (Å²) in [6, 6.07) is 6.68. The SMILES string of the molecule is C=CCN(C(=O)[C@@H]1[C@H]2CC[C@H](C2)N1c1nc(C(F)(F)F)cc(C(F)(F)F)c1C#N)c1cccc(C)c1. The van der Waals surface area contributed by atoms with Crippen molar-refractivity contribution in [2.24, 2.45) is 5.92 Å². The maximum atomic E-state index is 13.9. The summed E-state index contributed by atoms with van der Waals surface area (Å²) in [5, 5.41) is 9.61. The predicted molar refractivity (Wildman–Crippen MR) is 120 cm³/mol. The average Bonchev–Trinajstić information content (AvgIpc) is 3.42. The number of hydrogen-bond acceptors (Lipinski definition) is 4. The van der Waals surface area contributed by atoms with Crippen molar-refractivity contribution in [3.05, 3.63) is 65.4 Å². The zero-order valence-electron chi connectivity index (χ0n) is 19.2. The number of nitriles is 1. The highest BCUT2D eigenvalue weighted by molar-refractivity contribution is 6.00. The molecule has 36 heavy (non-hydrogen) atoms. The Kier molecular flexibility index (Phi) is 6.49. The summed E-state index contributed by atoms with van der Waals surface area (Å²) in [7, 11) is 0. The Bertz CT molecular complexity index is 1230. The molecule has 0 spiro atoms. The molecule has 2 bridgehead atoms. The van der Waals surface area contributed by atoms with Gasteiger partial charge in [0.2, 0.25) is 5.91 Å². The molecule has 190 valence electrons. The molecule has 0 unspecified atom stereocenters. The number of piperidine rings is 1. The van der Waals surface area contributed by atoms with Gasteiger partial charge >= 0.3 is 12.4 Å². The lowest BCUT2D eigenvalue weighted by molar-refractivity contribution is -0.145. The summed E-state index contributed by atoms with van der Waals surface area (Å²) < 4.78 is 82.0. The molecule has 0 N–H and O–H groups in total. The van der Waals surface area contributed by atoms with E-state index in [0.717, 1.165) is 5.56 Å². The molecule has 0 radical (unpaired) electrons. The molecule has 1 saturated carbocycles. The average molecular weight is 508 g/mol. The number of alkyl halides is 6. The topological polar surface area (TPSA) is 60.2 Å². The monoisotopic (exact) mass is 508 g/mol. The van der Waals surface area contributed by atoms with Crippen molar-refractivity contribution in [2.75, 3.05) is 16.3 Å². The summed E-state index contributed by atoms with van der Waals surface area (Å²) in [4.78, 5) is 20.0. The first-order chi connectivity index (χ1) is 16.9. The molecule has 11 heteroatoms. The maximum absolute atomic E-state index is 13.9. The molecule has 2 fully saturated rings. The van der Waals surface area contributed by atoms with E-state index in [1.165, 1.54) is 21.9 Å². The van der Waals surface area contributed by atoms with E-state index in [9.17, 15) is 36.4 Å². The summed E-state index contributed by atoms with van der Waals surface area (Å²) in [6.45, 7) is 5.58. The Labute approximate surface area is 203 Å². The fraction of sp³-hybridized carbons (Fsp3) is 0.400. The molecule has 3 atom stereocenters. The summed E-state index contributed by atoms with van der Waals surface area (Å²) in [5.74, 6) is -1.56. The van der Waals surface area contributed by atoms with Crippen LogP contribution in [0.5, 0.6) is 0 Å². The Morgan fingerprint density at radius 3 is 2.53 bits per heavy atom. The number of benzene rings is 1. The van der Waals surface area contributed by atoms with Crippen molar-refractivity contribution >= 4 is 17.4 Å². The Hall–Kier alpha value is -3.55. The van der Waals surface area contributed by atoms with Gasteiger partial charge in [0.1, 0.15) is 29.2 Å². The predicted octanol–water partition coefficient (Wildman–Crippen LogP) is 5.88. The molecule has 4 rings (SSSR count). The van der Waals surface area contributed by atoms with Crippen LogP contribution in [-0.4, -0.2) is 29.5 Å². The van der Waals surface area contributed by atoms with E-state index in [-0.39, 0.29) is 18.5 Å². The number of amides is 1. The summed E-state index contributed by atoms with van der Waals surface area (Å²) in [5.41, 5.74) is -3.12. The van der Waals surface area contributed by atoms with Gasteiger partial charge in [-0.25, -0.2) is 4.98 Å². The van der Waals surface area contributed by atoms with Gasteiger partial charge in [0, 0.05) is 18.3 Å². The van der Waals surface area contributed by atoms with Crippen molar-refractivity contribution in [1.82, 2.24) is 4.98 Å². The number of aryl methyl sites for hydroxylation is 1. The molecular weight excluding hydrogens is 486 g/mol. The lowest BCUT2D eigenvalue weighted by atomic mass is 9.96. The molecule has 1 aliphatic carbocycles. The first-order valence-electron chi connectivity index (χ1n) is 11.2. The van der Waals surface area contributed by atoms with Crippen LogP contribution < -0.4 is 9.80 Å². The number of anilines is 2. The standard InChI is InChI=1S/C25H22F6N4O/c1-3-9-34(16-6-4-5-14(2)10-16)23(36)21-15-7-8-17(11-15)35(21)22-18(13-32)19(24(26,27)28)12-20(33-22)25(29,30)31/h3-6,10,12,15,17,21H,1,7-9,11H2,2H3/t15-,17+,21-/m0/s1. The number of pyridine rings is 1. The fourth-order valence-electron chi connectivity index (χ4n) is 5.22. The van der Waals surface area contributed by atoms with Crippen LogP contribution in [-0.2, 0) is 17.1 Å². The van der Waals surface area contributed by atoms with Crippen molar-refractivity contribution in [2.45, 2.75) is 50.6 Å². The second kappa shape index (κ2) is 9.15. The van der Waals surface area contributed by atoms with Gasteiger partial charge in [-0.05, 0) is 55.9 Å². The molecule has 1 aromatic heterocycles. The minimum Gasteiger partial charge on any atom is -0.340 e. The van der Waals surface area contributed by atoms with Crippen molar-refractivity contribution in [1.29, 1.82) is 5.26 Å². The van der Waals surface area contributed by atoms with Gasteiger partial charge in [-0.2, -0.15) is 31.6 Å². The lowest BCUT2D eigenvalue weighted by Crippen LogP contribution is -2.53. The molecule has 2 aliphatic rings. The number of rotatable bonds is 5. The van der Waals surface area contributed by atoms with E-state index in [1.807, 2.05) is 13.0 Å². The maximum Gasteiger partial charge on any atom is 0.433 e. The molecule has 2 heterocycles. The molecule has 1 aliphatic heterocycles. The Morgan fingerprint density at radius 2 is 1.94 bits per heavy atom. The first-order valence-corrected chi connectivity index (χ1v) is 11.2. The van der Waals surface area contributed by atoms with Gasteiger partial charge in [0.25, 0.3) is 0 Å². The summed E-state index contributed by atoms with van der Waals surface area (Å²) in [6.07, 6.45) is -7.47. The van der Waals surface area contributed by atoms with Crippen LogP contribution in [0.1, 0.15) is 41.6 Å². The number of nitrogens with zero attached hydrogens (tertiary/aromatic N) is 4.